The Morgan fingerprint density at radius 3 is 2.61 bits per heavy atom. The Labute approximate surface area is 136 Å². The van der Waals surface area contributed by atoms with Gasteiger partial charge in [0, 0.05) is 17.5 Å². The number of hydrogen-bond donors (Lipinski definition) is 2. The number of rotatable bonds is 5. The van der Waals surface area contributed by atoms with Gasteiger partial charge in [0.2, 0.25) is 6.41 Å². The molecule has 0 atom stereocenters. The van der Waals surface area contributed by atoms with Crippen LogP contribution < -0.4 is 5.32 Å². The van der Waals surface area contributed by atoms with Crippen LogP contribution in [0.4, 0.5) is 0 Å². The van der Waals surface area contributed by atoms with E-state index in [1.165, 1.54) is 11.1 Å². The lowest BCUT2D eigenvalue weighted by molar-refractivity contribution is -0.109. The summed E-state index contributed by atoms with van der Waals surface area (Å²) in [7, 11) is 0. The van der Waals surface area contributed by atoms with Crippen LogP contribution in [0, 0.1) is 6.92 Å². The van der Waals surface area contributed by atoms with E-state index >= 15 is 0 Å². The smallest absolute Gasteiger partial charge is 0.207 e. The van der Waals surface area contributed by atoms with Crippen molar-refractivity contribution in [3.8, 4) is 11.4 Å². The minimum Gasteiger partial charge on any atom is -0.358 e. The van der Waals surface area contributed by atoms with Crippen LogP contribution in [-0.4, -0.2) is 22.9 Å². The average Bonchev–Trinajstić information content (AvgIpc) is 2.96. The SMILES string of the molecule is Cc1ccc(-c2nc3ccc(C(C)(C)CNC=O)cc3[nH]2)cc1. The van der Waals surface area contributed by atoms with E-state index in [9.17, 15) is 4.79 Å². The number of aromatic nitrogens is 2. The van der Waals surface area contributed by atoms with Crippen molar-refractivity contribution in [2.45, 2.75) is 26.2 Å². The number of imidazole rings is 1. The highest BCUT2D eigenvalue weighted by Gasteiger charge is 2.21. The van der Waals surface area contributed by atoms with Crippen LogP contribution in [0.15, 0.2) is 42.5 Å². The summed E-state index contributed by atoms with van der Waals surface area (Å²) in [5.41, 5.74) is 5.30. The Hall–Kier alpha value is -2.62. The molecule has 1 amide bonds. The fourth-order valence-corrected chi connectivity index (χ4v) is 2.68. The largest absolute Gasteiger partial charge is 0.358 e. The second-order valence-corrected chi connectivity index (χ2v) is 6.57. The quantitative estimate of drug-likeness (QED) is 0.708. The first-order valence-electron chi connectivity index (χ1n) is 7.74. The van der Waals surface area contributed by atoms with Gasteiger partial charge in [-0.1, -0.05) is 49.7 Å². The summed E-state index contributed by atoms with van der Waals surface area (Å²) in [6, 6.07) is 14.5. The molecule has 2 N–H and O–H groups in total. The van der Waals surface area contributed by atoms with E-state index in [1.807, 2.05) is 6.07 Å². The topological polar surface area (TPSA) is 57.8 Å². The van der Waals surface area contributed by atoms with Crippen molar-refractivity contribution in [1.29, 1.82) is 0 Å². The fourth-order valence-electron chi connectivity index (χ4n) is 2.68. The van der Waals surface area contributed by atoms with Crippen molar-refractivity contribution in [2.75, 3.05) is 6.54 Å². The first kappa shape index (κ1) is 15.3. The Bertz CT molecular complexity index is 831. The molecule has 1 aromatic heterocycles. The first-order chi connectivity index (χ1) is 11.0. The van der Waals surface area contributed by atoms with Gasteiger partial charge in [-0.3, -0.25) is 4.79 Å². The Morgan fingerprint density at radius 1 is 1.17 bits per heavy atom. The van der Waals surface area contributed by atoms with Gasteiger partial charge in [-0.05, 0) is 24.6 Å². The van der Waals surface area contributed by atoms with Crippen molar-refractivity contribution in [1.82, 2.24) is 15.3 Å². The highest BCUT2D eigenvalue weighted by Crippen LogP contribution is 2.27. The molecule has 0 radical (unpaired) electrons. The molecule has 4 nitrogen and oxygen atoms in total. The van der Waals surface area contributed by atoms with Crippen LogP contribution in [0.5, 0.6) is 0 Å². The molecule has 118 valence electrons. The van der Waals surface area contributed by atoms with Crippen LogP contribution in [0.3, 0.4) is 0 Å². The van der Waals surface area contributed by atoms with Gasteiger partial charge in [0.1, 0.15) is 5.82 Å². The maximum absolute atomic E-state index is 10.6. The van der Waals surface area contributed by atoms with Crippen molar-refractivity contribution < 1.29 is 4.79 Å². The van der Waals surface area contributed by atoms with Crippen molar-refractivity contribution in [2.24, 2.45) is 0 Å². The fraction of sp³-hybridized carbons (Fsp3) is 0.263. The Balaban J connectivity index is 1.97. The Morgan fingerprint density at radius 2 is 1.91 bits per heavy atom. The third-order valence-corrected chi connectivity index (χ3v) is 4.22. The summed E-state index contributed by atoms with van der Waals surface area (Å²) in [5, 5.41) is 2.77. The number of amides is 1. The average molecular weight is 307 g/mol. The zero-order chi connectivity index (χ0) is 16.4. The van der Waals surface area contributed by atoms with E-state index in [2.05, 4.69) is 72.5 Å². The van der Waals surface area contributed by atoms with Crippen LogP contribution in [0.2, 0.25) is 0 Å². The highest BCUT2D eigenvalue weighted by molar-refractivity contribution is 5.80. The van der Waals surface area contributed by atoms with E-state index in [0.717, 1.165) is 28.8 Å². The van der Waals surface area contributed by atoms with Gasteiger partial charge in [-0.15, -0.1) is 0 Å². The van der Waals surface area contributed by atoms with Crippen LogP contribution in [0.1, 0.15) is 25.0 Å². The van der Waals surface area contributed by atoms with Crippen molar-refractivity contribution in [3.05, 3.63) is 53.6 Å². The molecule has 0 aliphatic heterocycles. The molecule has 3 rings (SSSR count). The molecule has 0 bridgehead atoms. The molecule has 0 unspecified atom stereocenters. The number of fused-ring (bicyclic) bond motifs is 1. The summed E-state index contributed by atoms with van der Waals surface area (Å²) in [6.45, 7) is 6.90. The Kier molecular flexibility index (Phi) is 3.90. The molecule has 0 saturated heterocycles. The molecular weight excluding hydrogens is 286 g/mol. The van der Waals surface area contributed by atoms with Crippen molar-refractivity contribution >= 4 is 17.4 Å². The van der Waals surface area contributed by atoms with Gasteiger partial charge in [-0.2, -0.15) is 0 Å². The third-order valence-electron chi connectivity index (χ3n) is 4.22. The lowest BCUT2D eigenvalue weighted by Crippen LogP contribution is -2.32. The van der Waals surface area contributed by atoms with Crippen molar-refractivity contribution in [3.63, 3.8) is 0 Å². The van der Waals surface area contributed by atoms with Gasteiger partial charge < -0.3 is 10.3 Å². The molecular formula is C19H21N3O. The van der Waals surface area contributed by atoms with Gasteiger partial charge in [0.15, 0.2) is 0 Å². The summed E-state index contributed by atoms with van der Waals surface area (Å²) >= 11 is 0. The molecule has 0 aliphatic carbocycles. The molecule has 2 aromatic carbocycles. The van der Waals surface area contributed by atoms with Gasteiger partial charge in [-0.25, -0.2) is 4.98 Å². The summed E-state index contributed by atoms with van der Waals surface area (Å²) in [5.74, 6) is 0.876. The van der Waals surface area contributed by atoms with E-state index in [-0.39, 0.29) is 5.41 Å². The number of nitrogens with zero attached hydrogens (tertiary/aromatic N) is 1. The second kappa shape index (κ2) is 5.88. The van der Waals surface area contributed by atoms with E-state index < -0.39 is 0 Å². The van der Waals surface area contributed by atoms with Gasteiger partial charge >= 0.3 is 0 Å². The lowest BCUT2D eigenvalue weighted by atomic mass is 9.84. The molecule has 23 heavy (non-hydrogen) atoms. The molecule has 0 fully saturated rings. The van der Waals surface area contributed by atoms with Crippen LogP contribution >= 0.6 is 0 Å². The molecule has 1 heterocycles. The summed E-state index contributed by atoms with van der Waals surface area (Å²) < 4.78 is 0. The van der Waals surface area contributed by atoms with Gasteiger partial charge in [0.25, 0.3) is 0 Å². The van der Waals surface area contributed by atoms with Crippen LogP contribution in [-0.2, 0) is 10.2 Å². The molecule has 0 spiro atoms. The molecule has 0 aliphatic rings. The number of carbonyl (C=O) groups excluding carboxylic acids is 1. The highest BCUT2D eigenvalue weighted by atomic mass is 16.1. The number of H-pyrrole nitrogens is 1. The minimum absolute atomic E-state index is 0.135. The number of aryl methyl sites for hydroxylation is 1. The summed E-state index contributed by atoms with van der Waals surface area (Å²) in [4.78, 5) is 18.6. The predicted molar refractivity (Wildman–Crippen MR) is 93.4 cm³/mol. The summed E-state index contributed by atoms with van der Waals surface area (Å²) in [6.07, 6.45) is 0.742. The van der Waals surface area contributed by atoms with Gasteiger partial charge in [0.05, 0.1) is 11.0 Å². The molecule has 0 saturated carbocycles. The maximum atomic E-state index is 10.6. The number of aromatic amines is 1. The zero-order valence-corrected chi connectivity index (χ0v) is 13.7. The predicted octanol–water partition coefficient (Wildman–Crippen LogP) is 3.56. The van der Waals surface area contributed by atoms with Crippen LogP contribution in [0.25, 0.3) is 22.4 Å². The zero-order valence-electron chi connectivity index (χ0n) is 13.7. The molecule has 4 heteroatoms. The lowest BCUT2D eigenvalue weighted by Gasteiger charge is -2.24. The third kappa shape index (κ3) is 3.11. The second-order valence-electron chi connectivity index (χ2n) is 6.57. The minimum atomic E-state index is -0.135. The standard InChI is InChI=1S/C19H21N3O/c1-13-4-6-14(7-5-13)18-21-16-9-8-15(10-17(16)22-18)19(2,3)11-20-12-23/h4-10,12H,11H2,1-3H3,(H,20,23)(H,21,22). The number of hydrogen-bond acceptors (Lipinski definition) is 2. The number of nitrogens with one attached hydrogen (secondary N) is 2. The molecule has 3 aromatic rings. The number of carbonyl (C=O) groups is 1. The maximum Gasteiger partial charge on any atom is 0.207 e. The number of benzene rings is 2. The van der Waals surface area contributed by atoms with E-state index in [4.69, 9.17) is 0 Å². The first-order valence-corrected chi connectivity index (χ1v) is 7.74. The van der Waals surface area contributed by atoms with E-state index in [0.29, 0.717) is 6.54 Å². The monoisotopic (exact) mass is 307 g/mol. The normalized spacial score (nSPS) is 11.6. The van der Waals surface area contributed by atoms with E-state index in [1.54, 1.807) is 0 Å².